The van der Waals surface area contributed by atoms with Gasteiger partial charge in [0.05, 0.1) is 6.10 Å². The van der Waals surface area contributed by atoms with Gasteiger partial charge in [-0.2, -0.15) is 0 Å². The molecule has 0 atom stereocenters. The maximum absolute atomic E-state index is 12.3. The molecule has 0 aliphatic carbocycles. The van der Waals surface area contributed by atoms with E-state index >= 15 is 0 Å². The number of hydrogen-bond acceptors (Lipinski definition) is 5. The van der Waals surface area contributed by atoms with E-state index in [2.05, 4.69) is 4.72 Å². The minimum atomic E-state index is -3.58. The number of nitrogens with two attached hydrogens (primary N) is 1. The van der Waals surface area contributed by atoms with E-state index in [4.69, 9.17) is 14.9 Å². The third kappa shape index (κ3) is 5.10. The fourth-order valence-corrected chi connectivity index (χ4v) is 3.65. The van der Waals surface area contributed by atoms with E-state index in [1.54, 1.807) is 13.8 Å². The first kappa shape index (κ1) is 18.2. The summed E-state index contributed by atoms with van der Waals surface area (Å²) in [5, 5.41) is 0. The Hall–Kier alpha value is -0.890. The molecule has 0 aliphatic heterocycles. The van der Waals surface area contributed by atoms with Gasteiger partial charge in [0.2, 0.25) is 10.0 Å². The van der Waals surface area contributed by atoms with E-state index in [-0.39, 0.29) is 17.5 Å². The predicted molar refractivity (Wildman–Crippen MR) is 81.6 cm³/mol. The summed E-state index contributed by atoms with van der Waals surface area (Å²) in [6.45, 7) is 8.45. The Balaban J connectivity index is 2.58. The standard InChI is InChI=1S/C14H26N2O4S/c1-10(2)19-8-6-5-7-16-21(17,18)14-12(4)20-11(3)13(14)9-15/h10,16H,5-9,15H2,1-4H3. The highest BCUT2D eigenvalue weighted by Crippen LogP contribution is 2.25. The van der Waals surface area contributed by atoms with Crippen LogP contribution in [0.4, 0.5) is 0 Å². The van der Waals surface area contributed by atoms with Crippen molar-refractivity contribution in [1.29, 1.82) is 0 Å². The Morgan fingerprint density at radius 1 is 1.24 bits per heavy atom. The molecule has 0 aromatic carbocycles. The van der Waals surface area contributed by atoms with E-state index in [1.165, 1.54) is 0 Å². The lowest BCUT2D eigenvalue weighted by Crippen LogP contribution is -2.26. The zero-order valence-electron chi connectivity index (χ0n) is 13.2. The van der Waals surface area contributed by atoms with Gasteiger partial charge >= 0.3 is 0 Å². The van der Waals surface area contributed by atoms with Crippen LogP contribution in [0.1, 0.15) is 43.8 Å². The van der Waals surface area contributed by atoms with Crippen LogP contribution in [0.3, 0.4) is 0 Å². The largest absolute Gasteiger partial charge is 0.465 e. The molecule has 21 heavy (non-hydrogen) atoms. The molecule has 3 N–H and O–H groups in total. The molecule has 0 fully saturated rings. The molecule has 7 heteroatoms. The van der Waals surface area contributed by atoms with Gasteiger partial charge in [0.25, 0.3) is 0 Å². The minimum absolute atomic E-state index is 0.141. The van der Waals surface area contributed by atoms with Crippen molar-refractivity contribution in [2.75, 3.05) is 13.2 Å². The highest BCUT2D eigenvalue weighted by molar-refractivity contribution is 7.89. The maximum Gasteiger partial charge on any atom is 0.244 e. The molecule has 1 aromatic rings. The monoisotopic (exact) mass is 318 g/mol. The van der Waals surface area contributed by atoms with Crippen molar-refractivity contribution >= 4 is 10.0 Å². The average molecular weight is 318 g/mol. The van der Waals surface area contributed by atoms with Gasteiger partial charge in [-0.1, -0.05) is 0 Å². The van der Waals surface area contributed by atoms with Crippen molar-refractivity contribution < 1.29 is 17.6 Å². The number of nitrogens with one attached hydrogen (secondary N) is 1. The lowest BCUT2D eigenvalue weighted by molar-refractivity contribution is 0.0762. The molecule has 0 spiro atoms. The van der Waals surface area contributed by atoms with Gasteiger partial charge in [-0.15, -0.1) is 0 Å². The summed E-state index contributed by atoms with van der Waals surface area (Å²) >= 11 is 0. The minimum Gasteiger partial charge on any atom is -0.465 e. The summed E-state index contributed by atoms with van der Waals surface area (Å²) < 4.78 is 38.0. The summed E-state index contributed by atoms with van der Waals surface area (Å²) in [6, 6.07) is 0. The van der Waals surface area contributed by atoms with Crippen molar-refractivity contribution in [3.05, 3.63) is 17.1 Å². The molecule has 0 aliphatic rings. The number of sulfonamides is 1. The van der Waals surface area contributed by atoms with Gasteiger partial charge in [-0.3, -0.25) is 0 Å². The molecule has 0 saturated heterocycles. The molecule has 122 valence electrons. The first-order valence-corrected chi connectivity index (χ1v) is 8.68. The summed E-state index contributed by atoms with van der Waals surface area (Å²) in [5.41, 5.74) is 6.16. The number of hydrogen-bond donors (Lipinski definition) is 2. The van der Waals surface area contributed by atoms with E-state index in [9.17, 15) is 8.42 Å². The molecule has 1 heterocycles. The van der Waals surface area contributed by atoms with Gasteiger partial charge in [0, 0.05) is 25.3 Å². The van der Waals surface area contributed by atoms with Gasteiger partial charge in [0.15, 0.2) is 0 Å². The highest BCUT2D eigenvalue weighted by atomic mass is 32.2. The van der Waals surface area contributed by atoms with E-state index in [0.29, 0.717) is 30.2 Å². The number of aryl methyl sites for hydroxylation is 2. The Bertz CT molecular complexity index is 550. The molecule has 6 nitrogen and oxygen atoms in total. The SMILES string of the molecule is Cc1oc(C)c(S(=O)(=O)NCCCCOC(C)C)c1CN. The summed E-state index contributed by atoms with van der Waals surface area (Å²) in [7, 11) is -3.58. The third-order valence-corrected chi connectivity index (χ3v) is 4.77. The van der Waals surface area contributed by atoms with Crippen LogP contribution in [-0.2, 0) is 21.3 Å². The molecule has 1 aromatic heterocycles. The highest BCUT2D eigenvalue weighted by Gasteiger charge is 2.25. The Labute approximate surface area is 127 Å². The quantitative estimate of drug-likeness (QED) is 0.677. The van der Waals surface area contributed by atoms with Crippen LogP contribution in [0.5, 0.6) is 0 Å². The summed E-state index contributed by atoms with van der Waals surface area (Å²) in [5.74, 6) is 0.935. The van der Waals surface area contributed by atoms with Crippen LogP contribution >= 0.6 is 0 Å². The van der Waals surface area contributed by atoms with Crippen molar-refractivity contribution in [1.82, 2.24) is 4.72 Å². The normalized spacial score (nSPS) is 12.3. The zero-order valence-corrected chi connectivity index (χ0v) is 14.0. The second-order valence-electron chi connectivity index (χ2n) is 5.25. The fourth-order valence-electron chi connectivity index (χ4n) is 2.12. The van der Waals surface area contributed by atoms with E-state index < -0.39 is 10.0 Å². The van der Waals surface area contributed by atoms with Crippen molar-refractivity contribution in [2.45, 2.75) is 58.1 Å². The molecule has 1 rings (SSSR count). The summed E-state index contributed by atoms with van der Waals surface area (Å²) in [4.78, 5) is 0.181. The predicted octanol–water partition coefficient (Wildman–Crippen LogP) is 1.84. The topological polar surface area (TPSA) is 94.6 Å². The van der Waals surface area contributed by atoms with Crippen LogP contribution in [0.25, 0.3) is 0 Å². The number of rotatable bonds is 9. The Morgan fingerprint density at radius 3 is 2.48 bits per heavy atom. The van der Waals surface area contributed by atoms with Crippen molar-refractivity contribution in [2.24, 2.45) is 5.73 Å². The molecular formula is C14H26N2O4S. The molecule has 0 bridgehead atoms. The molecule has 0 radical (unpaired) electrons. The maximum atomic E-state index is 12.3. The summed E-state index contributed by atoms with van der Waals surface area (Å²) in [6.07, 6.45) is 1.73. The van der Waals surface area contributed by atoms with Gasteiger partial charge in [0.1, 0.15) is 16.4 Å². The van der Waals surface area contributed by atoms with Crippen LogP contribution < -0.4 is 10.5 Å². The molecular weight excluding hydrogens is 292 g/mol. The van der Waals surface area contributed by atoms with E-state index in [0.717, 1.165) is 12.8 Å². The van der Waals surface area contributed by atoms with Crippen molar-refractivity contribution in [3.8, 4) is 0 Å². The van der Waals surface area contributed by atoms with Gasteiger partial charge < -0.3 is 14.9 Å². The van der Waals surface area contributed by atoms with Crippen LogP contribution in [0.15, 0.2) is 9.31 Å². The van der Waals surface area contributed by atoms with Crippen LogP contribution in [0.2, 0.25) is 0 Å². The second kappa shape index (κ2) is 7.93. The third-order valence-electron chi connectivity index (χ3n) is 3.11. The number of ether oxygens (including phenoxy) is 1. The Morgan fingerprint density at radius 2 is 1.90 bits per heavy atom. The van der Waals surface area contributed by atoms with E-state index in [1.807, 2.05) is 13.8 Å². The first-order chi connectivity index (χ1) is 9.79. The zero-order chi connectivity index (χ0) is 16.0. The lowest BCUT2D eigenvalue weighted by atomic mass is 10.2. The van der Waals surface area contributed by atoms with Crippen LogP contribution in [-0.4, -0.2) is 27.7 Å². The van der Waals surface area contributed by atoms with Gasteiger partial charge in [-0.25, -0.2) is 13.1 Å². The lowest BCUT2D eigenvalue weighted by Gasteiger charge is -2.09. The smallest absolute Gasteiger partial charge is 0.244 e. The van der Waals surface area contributed by atoms with Gasteiger partial charge in [-0.05, 0) is 40.5 Å². The number of furan rings is 1. The fraction of sp³-hybridized carbons (Fsp3) is 0.714. The molecule has 0 amide bonds. The average Bonchev–Trinajstić information content (AvgIpc) is 2.68. The van der Waals surface area contributed by atoms with Crippen LogP contribution in [0, 0.1) is 13.8 Å². The molecule has 0 saturated carbocycles. The Kier molecular flexibility index (Phi) is 6.86. The number of unbranched alkanes of at least 4 members (excludes halogenated alkanes) is 1. The second-order valence-corrected chi connectivity index (χ2v) is 6.95. The van der Waals surface area contributed by atoms with Crippen molar-refractivity contribution in [3.63, 3.8) is 0 Å². The first-order valence-electron chi connectivity index (χ1n) is 7.19. The molecule has 0 unspecified atom stereocenters.